The molecule has 0 radical (unpaired) electrons. The van der Waals surface area contributed by atoms with Gasteiger partial charge in [0, 0.05) is 6.54 Å². The van der Waals surface area contributed by atoms with Crippen LogP contribution in [-0.4, -0.2) is 29.2 Å². The second-order valence-electron chi connectivity index (χ2n) is 7.28. The number of carboxylic acid groups (broad SMARTS) is 1. The average Bonchev–Trinajstić information content (AvgIpc) is 3.22. The molecule has 6 nitrogen and oxygen atoms in total. The first-order valence-corrected chi connectivity index (χ1v) is 10.2. The summed E-state index contributed by atoms with van der Waals surface area (Å²) in [5.74, 6) is 0.328. The molecule has 2 N–H and O–H groups in total. The molecule has 0 aliphatic rings. The van der Waals surface area contributed by atoms with Crippen LogP contribution in [0.1, 0.15) is 29.4 Å². The van der Waals surface area contributed by atoms with Gasteiger partial charge in [-0.3, -0.25) is 0 Å². The summed E-state index contributed by atoms with van der Waals surface area (Å²) in [4.78, 5) is 15.4. The van der Waals surface area contributed by atoms with Crippen LogP contribution in [0.25, 0.3) is 11.1 Å². The number of aliphatic carboxylic acids is 1. The zero-order chi connectivity index (χ0) is 21.5. The highest BCUT2D eigenvalue weighted by atomic mass is 16.5. The predicted octanol–water partition coefficient (Wildman–Crippen LogP) is 4.60. The van der Waals surface area contributed by atoms with E-state index < -0.39 is 5.97 Å². The third-order valence-corrected chi connectivity index (χ3v) is 5.01. The second-order valence-corrected chi connectivity index (χ2v) is 7.28. The van der Waals surface area contributed by atoms with Gasteiger partial charge in [0.1, 0.15) is 11.3 Å². The van der Waals surface area contributed by atoms with E-state index in [0.717, 1.165) is 35.5 Å². The number of aromatic nitrogens is 1. The number of oxazole rings is 1. The van der Waals surface area contributed by atoms with Crippen molar-refractivity contribution < 1.29 is 19.1 Å². The molecule has 1 unspecified atom stereocenters. The van der Waals surface area contributed by atoms with Gasteiger partial charge in [0.15, 0.2) is 12.2 Å². The summed E-state index contributed by atoms with van der Waals surface area (Å²) in [7, 11) is 0. The highest BCUT2D eigenvalue weighted by Gasteiger charge is 2.20. The largest absolute Gasteiger partial charge is 0.482 e. The maximum atomic E-state index is 10.7. The first-order valence-electron chi connectivity index (χ1n) is 10.2. The Kier molecular flexibility index (Phi) is 6.59. The molecule has 0 aliphatic heterocycles. The lowest BCUT2D eigenvalue weighted by Gasteiger charge is -2.15. The van der Waals surface area contributed by atoms with E-state index in [1.165, 1.54) is 5.56 Å². The fraction of sp³-hybridized carbons (Fsp3) is 0.200. The molecule has 4 aromatic rings. The standard InChI is InChI=1S/C25H24N2O4/c28-24(29)17-30-20-10-6-7-18(15-20)16-26-14-13-21(19-8-2-1-3-9-19)25-27-22-11-4-5-12-23(22)31-25/h1-12,15,21,26H,13-14,16-17H2,(H,28,29). The fourth-order valence-corrected chi connectivity index (χ4v) is 3.53. The Bertz CT molecular complexity index is 1110. The molecule has 0 saturated heterocycles. The molecule has 6 heteroatoms. The predicted molar refractivity (Wildman–Crippen MR) is 118 cm³/mol. The normalized spacial score (nSPS) is 12.0. The Morgan fingerprint density at radius 3 is 2.65 bits per heavy atom. The van der Waals surface area contributed by atoms with Crippen molar-refractivity contribution in [2.24, 2.45) is 0 Å². The van der Waals surface area contributed by atoms with E-state index in [2.05, 4.69) is 17.4 Å². The number of ether oxygens (including phenoxy) is 1. The molecule has 0 amide bonds. The third kappa shape index (κ3) is 5.49. The minimum absolute atomic E-state index is 0.0475. The van der Waals surface area contributed by atoms with Crippen molar-refractivity contribution in [2.75, 3.05) is 13.2 Å². The lowest BCUT2D eigenvalue weighted by molar-refractivity contribution is -0.139. The van der Waals surface area contributed by atoms with Gasteiger partial charge in [-0.1, -0.05) is 54.6 Å². The number of nitrogens with zero attached hydrogens (tertiary/aromatic N) is 1. The number of fused-ring (bicyclic) bond motifs is 1. The van der Waals surface area contributed by atoms with Crippen LogP contribution in [0.5, 0.6) is 5.75 Å². The molecule has 0 bridgehead atoms. The zero-order valence-electron chi connectivity index (χ0n) is 17.0. The van der Waals surface area contributed by atoms with E-state index in [4.69, 9.17) is 19.2 Å². The summed E-state index contributed by atoms with van der Waals surface area (Å²) in [5, 5.41) is 12.2. The maximum Gasteiger partial charge on any atom is 0.341 e. The maximum absolute atomic E-state index is 10.7. The van der Waals surface area contributed by atoms with Gasteiger partial charge in [0.2, 0.25) is 5.89 Å². The SMILES string of the molecule is O=C(O)COc1cccc(CNCCC(c2ccccc2)c2nc3ccccc3o2)c1. The van der Waals surface area contributed by atoms with Gasteiger partial charge in [-0.2, -0.15) is 0 Å². The molecule has 31 heavy (non-hydrogen) atoms. The molecule has 0 fully saturated rings. The van der Waals surface area contributed by atoms with Crippen molar-refractivity contribution >= 4 is 17.1 Å². The van der Waals surface area contributed by atoms with Gasteiger partial charge in [-0.15, -0.1) is 0 Å². The van der Waals surface area contributed by atoms with E-state index in [1.807, 2.05) is 60.7 Å². The van der Waals surface area contributed by atoms with Crippen molar-refractivity contribution in [1.29, 1.82) is 0 Å². The van der Waals surface area contributed by atoms with E-state index in [1.54, 1.807) is 6.07 Å². The van der Waals surface area contributed by atoms with Crippen LogP contribution in [0.2, 0.25) is 0 Å². The van der Waals surface area contributed by atoms with Crippen LogP contribution in [0.3, 0.4) is 0 Å². The van der Waals surface area contributed by atoms with Crippen LogP contribution < -0.4 is 10.1 Å². The Morgan fingerprint density at radius 1 is 1.03 bits per heavy atom. The second kappa shape index (κ2) is 9.91. The fourth-order valence-electron chi connectivity index (χ4n) is 3.53. The zero-order valence-corrected chi connectivity index (χ0v) is 17.0. The molecule has 4 rings (SSSR count). The first kappa shape index (κ1) is 20.6. The average molecular weight is 416 g/mol. The lowest BCUT2D eigenvalue weighted by Crippen LogP contribution is -2.18. The van der Waals surface area contributed by atoms with Gasteiger partial charge in [-0.25, -0.2) is 9.78 Å². The van der Waals surface area contributed by atoms with E-state index in [0.29, 0.717) is 12.3 Å². The number of para-hydroxylation sites is 2. The summed E-state index contributed by atoms with van der Waals surface area (Å²) >= 11 is 0. The molecule has 0 aliphatic carbocycles. The van der Waals surface area contributed by atoms with E-state index >= 15 is 0 Å². The van der Waals surface area contributed by atoms with Gasteiger partial charge >= 0.3 is 5.97 Å². The van der Waals surface area contributed by atoms with Gasteiger partial charge in [-0.05, 0) is 48.4 Å². The number of carbonyl (C=O) groups is 1. The summed E-state index contributed by atoms with van der Waals surface area (Å²) in [6.07, 6.45) is 0.825. The van der Waals surface area contributed by atoms with Crippen LogP contribution in [0.4, 0.5) is 0 Å². The third-order valence-electron chi connectivity index (χ3n) is 5.01. The molecule has 1 atom stereocenters. The minimum Gasteiger partial charge on any atom is -0.482 e. The summed E-state index contributed by atoms with van der Waals surface area (Å²) < 4.78 is 11.3. The Morgan fingerprint density at radius 2 is 1.84 bits per heavy atom. The molecule has 0 spiro atoms. The van der Waals surface area contributed by atoms with Crippen molar-refractivity contribution in [3.05, 3.63) is 95.9 Å². The number of hydrogen-bond donors (Lipinski definition) is 2. The highest BCUT2D eigenvalue weighted by molar-refractivity contribution is 5.72. The molecule has 158 valence electrons. The molecule has 1 aromatic heterocycles. The van der Waals surface area contributed by atoms with Gasteiger partial charge in [0.05, 0.1) is 5.92 Å². The van der Waals surface area contributed by atoms with Gasteiger partial charge < -0.3 is 19.6 Å². The molecule has 1 heterocycles. The Balaban J connectivity index is 1.40. The van der Waals surface area contributed by atoms with Crippen molar-refractivity contribution in [2.45, 2.75) is 18.9 Å². The Labute approximate surface area is 180 Å². The molecular formula is C25H24N2O4. The first-order chi connectivity index (χ1) is 15.2. The summed E-state index contributed by atoms with van der Waals surface area (Å²) in [6, 6.07) is 25.5. The Hall–Kier alpha value is -3.64. The van der Waals surface area contributed by atoms with E-state index in [-0.39, 0.29) is 12.5 Å². The van der Waals surface area contributed by atoms with Crippen LogP contribution in [0.15, 0.2) is 83.3 Å². The molecule has 3 aromatic carbocycles. The smallest absolute Gasteiger partial charge is 0.341 e. The van der Waals surface area contributed by atoms with Gasteiger partial charge in [0.25, 0.3) is 0 Å². The van der Waals surface area contributed by atoms with Crippen molar-refractivity contribution in [1.82, 2.24) is 10.3 Å². The summed E-state index contributed by atoms with van der Waals surface area (Å²) in [5.41, 5.74) is 3.86. The van der Waals surface area contributed by atoms with Crippen molar-refractivity contribution in [3.63, 3.8) is 0 Å². The van der Waals surface area contributed by atoms with Crippen LogP contribution in [0, 0.1) is 0 Å². The lowest BCUT2D eigenvalue weighted by atomic mass is 9.95. The number of rotatable bonds is 10. The molecular weight excluding hydrogens is 392 g/mol. The molecule has 0 saturated carbocycles. The van der Waals surface area contributed by atoms with Crippen molar-refractivity contribution in [3.8, 4) is 5.75 Å². The monoisotopic (exact) mass is 416 g/mol. The number of hydrogen-bond acceptors (Lipinski definition) is 5. The number of nitrogens with one attached hydrogen (secondary N) is 1. The summed E-state index contributed by atoms with van der Waals surface area (Å²) in [6.45, 7) is 1.07. The quantitative estimate of drug-likeness (QED) is 0.368. The van der Waals surface area contributed by atoms with E-state index in [9.17, 15) is 4.79 Å². The van der Waals surface area contributed by atoms with Crippen LogP contribution >= 0.6 is 0 Å². The van der Waals surface area contributed by atoms with Crippen LogP contribution in [-0.2, 0) is 11.3 Å². The highest BCUT2D eigenvalue weighted by Crippen LogP contribution is 2.29. The number of carboxylic acids is 1. The topological polar surface area (TPSA) is 84.6 Å². The minimum atomic E-state index is -0.991. The number of benzene rings is 3.